The molecule has 0 aliphatic carbocycles. The van der Waals surface area contributed by atoms with Crippen molar-refractivity contribution in [1.82, 2.24) is 4.57 Å². The highest BCUT2D eigenvalue weighted by atomic mass is 16.5. The van der Waals surface area contributed by atoms with E-state index in [4.69, 9.17) is 4.74 Å². The van der Waals surface area contributed by atoms with Gasteiger partial charge in [-0.2, -0.15) is 0 Å². The number of carboxylic acids is 1. The summed E-state index contributed by atoms with van der Waals surface area (Å²) in [5.74, 6) is -0.644. The number of benzene rings is 1. The van der Waals surface area contributed by atoms with Crippen molar-refractivity contribution in [1.29, 1.82) is 0 Å². The minimum atomic E-state index is -1.20. The molecule has 0 aliphatic rings. The second-order valence-corrected chi connectivity index (χ2v) is 5.06. The smallest absolute Gasteiger partial charge is 0.341 e. The molecule has 0 radical (unpaired) electrons. The van der Waals surface area contributed by atoms with Gasteiger partial charge in [0.25, 0.3) is 0 Å². The Labute approximate surface area is 122 Å². The summed E-state index contributed by atoms with van der Waals surface area (Å²) >= 11 is 0. The molecule has 1 N–H and O–H groups in total. The standard InChI is InChI=1S/C16H19NO4/c1-4-5-6-17-9-13(16(19)20)15(18)12-8-11(21-3)7-10(2)14(12)17/h7-9H,4-6H2,1-3H3,(H,19,20). The molecule has 0 bridgehead atoms. The average Bonchev–Trinajstić information content (AvgIpc) is 2.46. The Kier molecular flexibility index (Phi) is 4.31. The molecule has 0 atom stereocenters. The van der Waals surface area contributed by atoms with Crippen LogP contribution < -0.4 is 10.2 Å². The van der Waals surface area contributed by atoms with Gasteiger partial charge in [0, 0.05) is 12.7 Å². The quantitative estimate of drug-likeness (QED) is 0.919. The fourth-order valence-corrected chi connectivity index (χ4v) is 2.50. The number of unbranched alkanes of at least 4 members (excludes halogenated alkanes) is 1. The number of carboxylic acid groups (broad SMARTS) is 1. The number of ether oxygens (including phenoxy) is 1. The van der Waals surface area contributed by atoms with Gasteiger partial charge in [-0.1, -0.05) is 13.3 Å². The van der Waals surface area contributed by atoms with Crippen molar-refractivity contribution in [3.8, 4) is 5.75 Å². The zero-order chi connectivity index (χ0) is 15.6. The number of aryl methyl sites for hydroxylation is 2. The van der Waals surface area contributed by atoms with Crippen LogP contribution in [-0.2, 0) is 6.54 Å². The monoisotopic (exact) mass is 289 g/mol. The highest BCUT2D eigenvalue weighted by Gasteiger charge is 2.16. The number of fused-ring (bicyclic) bond motifs is 1. The fourth-order valence-electron chi connectivity index (χ4n) is 2.50. The first-order valence-electron chi connectivity index (χ1n) is 6.94. The van der Waals surface area contributed by atoms with E-state index in [0.717, 1.165) is 23.9 Å². The fraction of sp³-hybridized carbons (Fsp3) is 0.375. The Balaban J connectivity index is 2.84. The first-order chi connectivity index (χ1) is 9.99. The summed E-state index contributed by atoms with van der Waals surface area (Å²) in [5.41, 5.74) is 1.01. The molecule has 0 saturated heterocycles. The third-order valence-electron chi connectivity index (χ3n) is 3.55. The number of pyridine rings is 1. The highest BCUT2D eigenvalue weighted by molar-refractivity contribution is 5.93. The summed E-state index contributed by atoms with van der Waals surface area (Å²) in [6.45, 7) is 4.65. The zero-order valence-electron chi connectivity index (χ0n) is 12.5. The molecule has 2 rings (SSSR count). The highest BCUT2D eigenvalue weighted by Crippen LogP contribution is 2.24. The van der Waals surface area contributed by atoms with Crippen LogP contribution in [0.5, 0.6) is 5.75 Å². The molecule has 112 valence electrons. The number of methoxy groups -OCH3 is 1. The van der Waals surface area contributed by atoms with Crippen molar-refractivity contribution < 1.29 is 14.6 Å². The maximum Gasteiger partial charge on any atom is 0.341 e. The van der Waals surface area contributed by atoms with Crippen molar-refractivity contribution in [3.05, 3.63) is 39.7 Å². The molecule has 0 saturated carbocycles. The van der Waals surface area contributed by atoms with Crippen molar-refractivity contribution in [2.45, 2.75) is 33.2 Å². The first-order valence-corrected chi connectivity index (χ1v) is 6.94. The molecule has 0 spiro atoms. The van der Waals surface area contributed by atoms with Crippen molar-refractivity contribution in [2.24, 2.45) is 0 Å². The van der Waals surface area contributed by atoms with E-state index in [0.29, 0.717) is 17.7 Å². The number of hydrogen-bond donors (Lipinski definition) is 1. The van der Waals surface area contributed by atoms with Gasteiger partial charge >= 0.3 is 5.97 Å². The molecular formula is C16H19NO4. The second kappa shape index (κ2) is 5.99. The molecule has 2 aromatic rings. The van der Waals surface area contributed by atoms with Crippen LogP contribution in [0.1, 0.15) is 35.7 Å². The number of hydrogen-bond acceptors (Lipinski definition) is 3. The Bertz CT molecular complexity index is 746. The predicted octanol–water partition coefficient (Wildman–Crippen LogP) is 2.82. The summed E-state index contributed by atoms with van der Waals surface area (Å²) < 4.78 is 7.04. The van der Waals surface area contributed by atoms with Gasteiger partial charge < -0.3 is 14.4 Å². The van der Waals surface area contributed by atoms with Gasteiger partial charge in [0.15, 0.2) is 0 Å². The summed E-state index contributed by atoms with van der Waals surface area (Å²) in [7, 11) is 1.53. The Morgan fingerprint density at radius 2 is 2.10 bits per heavy atom. The van der Waals surface area contributed by atoms with Crippen LogP contribution >= 0.6 is 0 Å². The van der Waals surface area contributed by atoms with Gasteiger partial charge in [0.1, 0.15) is 11.3 Å². The Morgan fingerprint density at radius 3 is 2.67 bits per heavy atom. The molecule has 1 aromatic carbocycles. The average molecular weight is 289 g/mol. The summed E-state index contributed by atoms with van der Waals surface area (Å²) in [6, 6.07) is 3.46. The SMILES string of the molecule is CCCCn1cc(C(=O)O)c(=O)c2cc(OC)cc(C)c21. The molecule has 0 unspecified atom stereocenters. The first kappa shape index (κ1) is 15.1. The minimum absolute atomic E-state index is 0.203. The van der Waals surface area contributed by atoms with E-state index in [1.165, 1.54) is 13.3 Å². The molecule has 0 fully saturated rings. The lowest BCUT2D eigenvalue weighted by atomic mass is 10.1. The molecule has 0 amide bonds. The van der Waals surface area contributed by atoms with E-state index < -0.39 is 11.4 Å². The third-order valence-corrected chi connectivity index (χ3v) is 3.55. The lowest BCUT2D eigenvalue weighted by molar-refractivity contribution is 0.0695. The predicted molar refractivity (Wildman–Crippen MR) is 81.4 cm³/mol. The Morgan fingerprint density at radius 1 is 1.38 bits per heavy atom. The minimum Gasteiger partial charge on any atom is -0.497 e. The van der Waals surface area contributed by atoms with E-state index in [9.17, 15) is 14.7 Å². The number of rotatable bonds is 5. The number of aromatic nitrogens is 1. The van der Waals surface area contributed by atoms with E-state index in [1.54, 1.807) is 6.07 Å². The zero-order valence-corrected chi connectivity index (χ0v) is 12.5. The van der Waals surface area contributed by atoms with E-state index in [-0.39, 0.29) is 5.56 Å². The van der Waals surface area contributed by atoms with Crippen LogP contribution in [0.4, 0.5) is 0 Å². The van der Waals surface area contributed by atoms with Gasteiger partial charge in [-0.3, -0.25) is 4.79 Å². The van der Waals surface area contributed by atoms with Crippen LogP contribution in [0.2, 0.25) is 0 Å². The normalized spacial score (nSPS) is 10.8. The maximum absolute atomic E-state index is 12.4. The molecule has 1 aromatic heterocycles. The topological polar surface area (TPSA) is 68.5 Å². The summed E-state index contributed by atoms with van der Waals surface area (Å²) in [5, 5.41) is 9.62. The van der Waals surface area contributed by atoms with E-state index in [1.807, 2.05) is 17.6 Å². The van der Waals surface area contributed by atoms with Crippen LogP contribution in [-0.4, -0.2) is 22.8 Å². The summed E-state index contributed by atoms with van der Waals surface area (Å²) in [6.07, 6.45) is 3.36. The van der Waals surface area contributed by atoms with Crippen LogP contribution in [0.25, 0.3) is 10.9 Å². The van der Waals surface area contributed by atoms with Crippen molar-refractivity contribution >= 4 is 16.9 Å². The van der Waals surface area contributed by atoms with Crippen LogP contribution in [0.15, 0.2) is 23.1 Å². The Hall–Kier alpha value is -2.30. The van der Waals surface area contributed by atoms with Gasteiger partial charge in [0.2, 0.25) is 5.43 Å². The molecule has 1 heterocycles. The third kappa shape index (κ3) is 2.77. The lowest BCUT2D eigenvalue weighted by Gasteiger charge is -2.15. The van der Waals surface area contributed by atoms with E-state index >= 15 is 0 Å². The van der Waals surface area contributed by atoms with E-state index in [2.05, 4.69) is 6.92 Å². The molecule has 5 heteroatoms. The molecule has 0 aliphatic heterocycles. The maximum atomic E-state index is 12.4. The van der Waals surface area contributed by atoms with Crippen molar-refractivity contribution in [3.63, 3.8) is 0 Å². The number of aromatic carboxylic acids is 1. The second-order valence-electron chi connectivity index (χ2n) is 5.06. The van der Waals surface area contributed by atoms with Crippen LogP contribution in [0, 0.1) is 6.92 Å². The number of carbonyl (C=O) groups is 1. The van der Waals surface area contributed by atoms with Gasteiger partial charge in [-0.25, -0.2) is 4.79 Å². The molecule has 21 heavy (non-hydrogen) atoms. The summed E-state index contributed by atoms with van der Waals surface area (Å²) in [4.78, 5) is 23.7. The number of nitrogens with zero attached hydrogens (tertiary/aromatic N) is 1. The molecule has 5 nitrogen and oxygen atoms in total. The van der Waals surface area contributed by atoms with Gasteiger partial charge in [0.05, 0.1) is 18.0 Å². The van der Waals surface area contributed by atoms with Gasteiger partial charge in [-0.15, -0.1) is 0 Å². The molecular weight excluding hydrogens is 270 g/mol. The lowest BCUT2D eigenvalue weighted by Crippen LogP contribution is -2.19. The van der Waals surface area contributed by atoms with Crippen LogP contribution in [0.3, 0.4) is 0 Å². The van der Waals surface area contributed by atoms with Crippen molar-refractivity contribution in [2.75, 3.05) is 7.11 Å². The largest absolute Gasteiger partial charge is 0.497 e. The van der Waals surface area contributed by atoms with Gasteiger partial charge in [-0.05, 0) is 31.0 Å².